The highest BCUT2D eigenvalue weighted by Crippen LogP contribution is 2.14. The molecule has 0 spiro atoms. The maximum Gasteiger partial charge on any atom is 0.326 e. The largest absolute Gasteiger partial charge is 0.480 e. The second kappa shape index (κ2) is 6.45. The number of aryl methyl sites for hydroxylation is 1. The van der Waals surface area contributed by atoms with E-state index >= 15 is 0 Å². The van der Waals surface area contributed by atoms with Gasteiger partial charge in [0.05, 0.1) is 11.3 Å². The summed E-state index contributed by atoms with van der Waals surface area (Å²) < 4.78 is 1.66. The summed E-state index contributed by atoms with van der Waals surface area (Å²) in [5.41, 5.74) is 0.963. The number of imidazole rings is 1. The van der Waals surface area contributed by atoms with Gasteiger partial charge in [-0.3, -0.25) is 4.79 Å². The van der Waals surface area contributed by atoms with Gasteiger partial charge < -0.3 is 20.0 Å². The molecule has 112 valence electrons. The molecule has 0 aliphatic heterocycles. The van der Waals surface area contributed by atoms with E-state index in [4.69, 9.17) is 11.6 Å². The lowest BCUT2D eigenvalue weighted by atomic mass is 10.1. The lowest BCUT2D eigenvalue weighted by molar-refractivity contribution is -0.139. The lowest BCUT2D eigenvalue weighted by Gasteiger charge is -2.14. The molecule has 0 aromatic carbocycles. The first kappa shape index (κ1) is 15.1. The molecular formula is C13H15ClN4O3. The first-order valence-corrected chi connectivity index (χ1v) is 6.75. The number of aromatic nitrogens is 3. The molecule has 8 heteroatoms. The SMILES string of the molecule is CCn1cc(Cl)cc1C(=O)N[C@H](Cc1cnc[nH]1)C(=O)O. The Labute approximate surface area is 125 Å². The van der Waals surface area contributed by atoms with E-state index in [9.17, 15) is 14.7 Å². The van der Waals surface area contributed by atoms with E-state index in [1.54, 1.807) is 10.8 Å². The Morgan fingerprint density at radius 1 is 1.57 bits per heavy atom. The zero-order chi connectivity index (χ0) is 15.4. The first-order valence-electron chi connectivity index (χ1n) is 6.37. The third kappa shape index (κ3) is 3.63. The summed E-state index contributed by atoms with van der Waals surface area (Å²) in [6, 6.07) is 0.465. The summed E-state index contributed by atoms with van der Waals surface area (Å²) in [6.45, 7) is 2.43. The topological polar surface area (TPSA) is 100 Å². The Morgan fingerprint density at radius 2 is 2.33 bits per heavy atom. The van der Waals surface area contributed by atoms with Crippen molar-refractivity contribution in [3.05, 3.63) is 41.2 Å². The number of carbonyl (C=O) groups is 2. The monoisotopic (exact) mass is 310 g/mol. The maximum absolute atomic E-state index is 12.2. The third-order valence-electron chi connectivity index (χ3n) is 3.02. The number of carboxylic acids is 1. The number of H-pyrrole nitrogens is 1. The average molecular weight is 311 g/mol. The minimum absolute atomic E-state index is 0.127. The van der Waals surface area contributed by atoms with Gasteiger partial charge in [0.2, 0.25) is 0 Å². The van der Waals surface area contributed by atoms with Crippen LogP contribution in [0.1, 0.15) is 23.1 Å². The van der Waals surface area contributed by atoms with Crippen LogP contribution in [-0.2, 0) is 17.8 Å². The van der Waals surface area contributed by atoms with Crippen molar-refractivity contribution in [3.8, 4) is 0 Å². The van der Waals surface area contributed by atoms with Gasteiger partial charge in [-0.05, 0) is 13.0 Å². The highest BCUT2D eigenvalue weighted by molar-refractivity contribution is 6.31. The second-order valence-corrected chi connectivity index (χ2v) is 4.91. The van der Waals surface area contributed by atoms with Crippen LogP contribution in [0.4, 0.5) is 0 Å². The van der Waals surface area contributed by atoms with Gasteiger partial charge in [-0.1, -0.05) is 11.6 Å². The number of nitrogens with zero attached hydrogens (tertiary/aromatic N) is 2. The van der Waals surface area contributed by atoms with Crippen molar-refractivity contribution in [1.29, 1.82) is 0 Å². The van der Waals surface area contributed by atoms with E-state index in [2.05, 4.69) is 15.3 Å². The molecule has 3 N–H and O–H groups in total. The third-order valence-corrected chi connectivity index (χ3v) is 3.23. The molecule has 0 fully saturated rings. The van der Waals surface area contributed by atoms with E-state index in [0.29, 0.717) is 23.0 Å². The molecule has 0 unspecified atom stereocenters. The van der Waals surface area contributed by atoms with Crippen LogP contribution in [-0.4, -0.2) is 37.6 Å². The smallest absolute Gasteiger partial charge is 0.326 e. The van der Waals surface area contributed by atoms with E-state index in [0.717, 1.165) is 0 Å². The summed E-state index contributed by atoms with van der Waals surface area (Å²) in [5.74, 6) is -1.59. The number of carboxylic acid groups (broad SMARTS) is 1. The molecule has 2 heterocycles. The van der Waals surface area contributed by atoms with Gasteiger partial charge in [0.1, 0.15) is 11.7 Å². The highest BCUT2D eigenvalue weighted by atomic mass is 35.5. The van der Waals surface area contributed by atoms with Crippen LogP contribution in [0.25, 0.3) is 0 Å². The fourth-order valence-corrected chi connectivity index (χ4v) is 2.20. The molecule has 1 atom stereocenters. The number of hydrogen-bond donors (Lipinski definition) is 3. The van der Waals surface area contributed by atoms with Gasteiger partial charge in [-0.25, -0.2) is 9.78 Å². The highest BCUT2D eigenvalue weighted by Gasteiger charge is 2.23. The van der Waals surface area contributed by atoms with Crippen LogP contribution in [0, 0.1) is 0 Å². The van der Waals surface area contributed by atoms with Crippen LogP contribution < -0.4 is 5.32 Å². The molecule has 0 saturated carbocycles. The standard InChI is InChI=1S/C13H15ClN4O3/c1-2-18-6-8(14)3-11(18)12(19)17-10(13(20)21)4-9-5-15-7-16-9/h3,5-7,10H,2,4H2,1H3,(H,15,16)(H,17,19)(H,20,21)/t10-/m1/s1. The molecule has 21 heavy (non-hydrogen) atoms. The normalized spacial score (nSPS) is 12.1. The number of amides is 1. The minimum Gasteiger partial charge on any atom is -0.480 e. The van der Waals surface area contributed by atoms with E-state index in [1.807, 2.05) is 6.92 Å². The van der Waals surface area contributed by atoms with Gasteiger partial charge >= 0.3 is 5.97 Å². The van der Waals surface area contributed by atoms with Crippen molar-refractivity contribution in [1.82, 2.24) is 19.9 Å². The Kier molecular flexibility index (Phi) is 4.64. The number of aromatic amines is 1. The zero-order valence-corrected chi connectivity index (χ0v) is 12.1. The van der Waals surface area contributed by atoms with Crippen molar-refractivity contribution in [2.45, 2.75) is 25.9 Å². The molecule has 1 amide bonds. The summed E-state index contributed by atoms with van der Waals surface area (Å²) >= 11 is 5.87. The molecule has 2 rings (SSSR count). The Hall–Kier alpha value is -2.28. The van der Waals surface area contributed by atoms with E-state index < -0.39 is 17.9 Å². The van der Waals surface area contributed by atoms with Gasteiger partial charge in [0.25, 0.3) is 5.91 Å². The first-order chi connectivity index (χ1) is 10.0. The van der Waals surface area contributed by atoms with Gasteiger partial charge in [-0.15, -0.1) is 0 Å². The molecular weight excluding hydrogens is 296 g/mol. The molecule has 2 aromatic rings. The molecule has 2 aromatic heterocycles. The second-order valence-electron chi connectivity index (χ2n) is 4.47. The summed E-state index contributed by atoms with van der Waals surface area (Å²) in [7, 11) is 0. The molecule has 0 aliphatic rings. The van der Waals surface area contributed by atoms with Gasteiger partial charge in [0.15, 0.2) is 0 Å². The summed E-state index contributed by atoms with van der Waals surface area (Å²) in [4.78, 5) is 30.1. The van der Waals surface area contributed by atoms with Crippen molar-refractivity contribution in [3.63, 3.8) is 0 Å². The number of carbonyl (C=O) groups excluding carboxylic acids is 1. The lowest BCUT2D eigenvalue weighted by Crippen LogP contribution is -2.43. The van der Waals surface area contributed by atoms with Crippen molar-refractivity contribution < 1.29 is 14.7 Å². The van der Waals surface area contributed by atoms with Crippen molar-refractivity contribution in [2.75, 3.05) is 0 Å². The maximum atomic E-state index is 12.2. The van der Waals surface area contributed by atoms with Gasteiger partial charge in [0, 0.05) is 31.1 Å². The Morgan fingerprint density at radius 3 is 2.90 bits per heavy atom. The van der Waals surface area contributed by atoms with E-state index in [-0.39, 0.29) is 6.42 Å². The molecule has 0 aliphatic carbocycles. The fourth-order valence-electron chi connectivity index (χ4n) is 1.98. The molecule has 0 bridgehead atoms. The van der Waals surface area contributed by atoms with Crippen molar-refractivity contribution >= 4 is 23.5 Å². The van der Waals surface area contributed by atoms with Crippen LogP contribution >= 0.6 is 11.6 Å². The predicted octanol–water partition coefficient (Wildman–Crippen LogP) is 1.31. The predicted molar refractivity (Wildman–Crippen MR) is 76.3 cm³/mol. The zero-order valence-electron chi connectivity index (χ0n) is 11.3. The van der Waals surface area contributed by atoms with Crippen molar-refractivity contribution in [2.24, 2.45) is 0 Å². The fraction of sp³-hybridized carbons (Fsp3) is 0.308. The molecule has 0 saturated heterocycles. The number of nitrogens with one attached hydrogen (secondary N) is 2. The number of hydrogen-bond acceptors (Lipinski definition) is 3. The van der Waals surface area contributed by atoms with Crippen LogP contribution in [0.15, 0.2) is 24.8 Å². The minimum atomic E-state index is -1.11. The summed E-state index contributed by atoms with van der Waals surface area (Å²) in [6.07, 6.45) is 4.73. The Bertz CT molecular complexity index is 636. The number of rotatable bonds is 6. The van der Waals surface area contributed by atoms with E-state index in [1.165, 1.54) is 18.6 Å². The van der Waals surface area contributed by atoms with Gasteiger partial charge in [-0.2, -0.15) is 0 Å². The van der Waals surface area contributed by atoms with Crippen LogP contribution in [0.5, 0.6) is 0 Å². The number of aliphatic carboxylic acids is 1. The molecule has 7 nitrogen and oxygen atoms in total. The quantitative estimate of drug-likeness (QED) is 0.749. The average Bonchev–Trinajstić information content (AvgIpc) is 3.06. The van der Waals surface area contributed by atoms with Crippen LogP contribution in [0.3, 0.4) is 0 Å². The summed E-state index contributed by atoms with van der Waals surface area (Å²) in [5, 5.41) is 12.1. The Balaban J connectivity index is 2.12. The van der Waals surface area contributed by atoms with Crippen LogP contribution in [0.2, 0.25) is 5.02 Å². The number of halogens is 1. The molecule has 0 radical (unpaired) electrons.